The Labute approximate surface area is 425 Å². The van der Waals surface area contributed by atoms with Gasteiger partial charge < -0.3 is 44.7 Å². The van der Waals surface area contributed by atoms with Gasteiger partial charge in [0.2, 0.25) is 6.10 Å². The van der Waals surface area contributed by atoms with Crippen LogP contribution in [0.15, 0.2) is 102 Å². The van der Waals surface area contributed by atoms with Crippen molar-refractivity contribution in [1.29, 1.82) is 0 Å². The molecule has 11 atom stereocenters. The molecule has 16 heteroatoms. The number of aliphatic hydroxyl groups excluding tert-OH is 2. The Morgan fingerprint density at radius 1 is 0.836 bits per heavy atom. The van der Waals surface area contributed by atoms with Gasteiger partial charge in [-0.05, 0) is 54.8 Å². The number of esters is 3. The zero-order chi connectivity index (χ0) is 42.7. The average molecular weight is 1270 g/mol. The summed E-state index contributed by atoms with van der Waals surface area (Å²) in [5, 5.41) is 52.4. The number of rotatable bonds is 9. The molecule has 318 valence electrons. The van der Waals surface area contributed by atoms with Gasteiger partial charge >= 0.3 is 17.9 Å². The first-order chi connectivity index (χ1) is 27.9. The van der Waals surface area contributed by atoms with Crippen molar-refractivity contribution >= 4 is 29.6 Å². The van der Waals surface area contributed by atoms with Crippen LogP contribution >= 0.6 is 0 Å². The molecule has 3 aromatic rings. The maximum absolute atomic E-state index is 14.8. The Morgan fingerprint density at radius 3 is 1.93 bits per heavy atom. The van der Waals surface area contributed by atoms with Crippen LogP contribution in [0.3, 0.4) is 0 Å². The number of fused-ring (bicyclic) bond motifs is 5. The van der Waals surface area contributed by atoms with E-state index in [9.17, 15) is 44.4 Å². The van der Waals surface area contributed by atoms with Gasteiger partial charge in [-0.2, -0.15) is 0 Å². The van der Waals surface area contributed by atoms with Crippen LogP contribution in [0.1, 0.15) is 79.8 Å². The molecular weight excluding hydrogens is 1220 g/mol. The van der Waals surface area contributed by atoms with Gasteiger partial charge in [-0.15, -0.1) is 0 Å². The fourth-order valence-electron chi connectivity index (χ4n) is 9.82. The van der Waals surface area contributed by atoms with E-state index < -0.39 is 107 Å². The minimum atomic E-state index is -2.34. The summed E-state index contributed by atoms with van der Waals surface area (Å²) in [4.78, 5) is 69.6. The van der Waals surface area contributed by atoms with Crippen molar-refractivity contribution in [1.82, 2.24) is 5.32 Å². The fourth-order valence-corrected chi connectivity index (χ4v) is 9.82. The second-order valence-electron chi connectivity index (χ2n) is 16.8. The van der Waals surface area contributed by atoms with E-state index in [-0.39, 0.29) is 123 Å². The van der Waals surface area contributed by atoms with Crippen LogP contribution in [0.25, 0.3) is 0 Å². The van der Waals surface area contributed by atoms with Gasteiger partial charge in [0.1, 0.15) is 35.6 Å². The van der Waals surface area contributed by atoms with E-state index in [4.69, 9.17) is 18.9 Å². The van der Waals surface area contributed by atoms with E-state index in [1.807, 2.05) is 0 Å². The summed E-state index contributed by atoms with van der Waals surface area (Å²) in [6, 6.07) is 23.1. The van der Waals surface area contributed by atoms with E-state index in [0.29, 0.717) is 5.56 Å². The summed E-state index contributed by atoms with van der Waals surface area (Å²) in [5.74, 6) is -5.97. The quantitative estimate of drug-likeness (QED) is 0.119. The Bertz CT molecular complexity index is 2170. The number of carbonyl (C=O) groups excluding carboxylic acids is 5. The van der Waals surface area contributed by atoms with Gasteiger partial charge in [0.25, 0.3) is 5.91 Å². The van der Waals surface area contributed by atoms with Crippen LogP contribution < -0.4 is 5.32 Å². The molecule has 5 N–H and O–H groups in total. The first kappa shape index (κ1) is 49.6. The monoisotopic (exact) mass is 1270 g/mol. The number of aliphatic hydroxyl groups is 4. The van der Waals surface area contributed by atoms with Crippen LogP contribution in [0.5, 0.6) is 0 Å². The zero-order valence-corrected chi connectivity index (χ0v) is 44.0. The van der Waals surface area contributed by atoms with Gasteiger partial charge in [-0.3, -0.25) is 14.4 Å². The minimum absolute atomic E-state index is 0. The second-order valence-corrected chi connectivity index (χ2v) is 16.8. The topological polar surface area (TPSA) is 215 Å². The molecule has 61 heavy (non-hydrogen) atoms. The molecule has 7 rings (SSSR count). The maximum atomic E-state index is 14.8. The van der Waals surface area contributed by atoms with Crippen molar-refractivity contribution < 1.29 is 151 Å². The van der Waals surface area contributed by atoms with Crippen molar-refractivity contribution in [2.75, 3.05) is 6.61 Å². The molecule has 14 nitrogen and oxygen atoms in total. The van der Waals surface area contributed by atoms with Crippen LogP contribution in [-0.4, -0.2) is 104 Å². The number of hydrogen-bond donors (Lipinski definition) is 5. The van der Waals surface area contributed by atoms with E-state index >= 15 is 0 Å². The Kier molecular flexibility index (Phi) is 15.5. The first-order valence-corrected chi connectivity index (χ1v) is 19.6. The summed E-state index contributed by atoms with van der Waals surface area (Å²) < 4.78 is 23.7. The molecule has 4 aliphatic rings. The van der Waals surface area contributed by atoms with Gasteiger partial charge in [-0.25, -0.2) is 9.59 Å². The van der Waals surface area contributed by atoms with Crippen molar-refractivity contribution in [3.63, 3.8) is 0 Å². The standard InChI is InChI=1S/C45H49NO13.2Ac/c1-24-29(58-41(53)35(57-25(2)47)33(26-15-9-6-10-16-26)46-39(51)27-17-11-7-12-18-27)22-45(55)38(59-40(52)28-19-13-8-14-20-28)36-43(5,30(48)21-31-44(36,54)23-56-31)37(50)34(49)32(24)42(45,3)4;;/h6-20,29-31,33-36,38,48-49,54-55H,21-23H2,1-5H3,(H,46,51);;/t29?,30?,31?,33?,34?,35?,36?,38?,43-,44+,45?;;/m1../s1. The third kappa shape index (κ3) is 8.65. The van der Waals surface area contributed by atoms with Gasteiger partial charge in [0, 0.05) is 125 Å². The average Bonchev–Trinajstić information content (AvgIpc) is 3.21. The molecule has 3 aliphatic carbocycles. The number of ether oxygens (including phenoxy) is 4. The molecule has 1 heterocycles. The van der Waals surface area contributed by atoms with Crippen molar-refractivity contribution in [3.8, 4) is 0 Å². The predicted molar refractivity (Wildman–Crippen MR) is 208 cm³/mol. The molecule has 0 spiro atoms. The number of carbonyl (C=O) groups is 5. The molecule has 2 saturated carbocycles. The minimum Gasteiger partial charge on any atom is -0.455 e. The molecule has 2 radical (unpaired) electrons. The normalized spacial score (nSPS) is 31.9. The summed E-state index contributed by atoms with van der Waals surface area (Å²) in [6.07, 6.45) is -10.3. The van der Waals surface area contributed by atoms with Crippen molar-refractivity contribution in [2.24, 2.45) is 16.7 Å². The number of nitrogens with one attached hydrogen (secondary N) is 1. The summed E-state index contributed by atoms with van der Waals surface area (Å²) in [6.45, 7) is 6.76. The number of amides is 1. The molecule has 3 fully saturated rings. The van der Waals surface area contributed by atoms with Crippen LogP contribution in [0, 0.1) is 105 Å². The van der Waals surface area contributed by atoms with Crippen LogP contribution in [0.2, 0.25) is 0 Å². The third-order valence-corrected chi connectivity index (χ3v) is 13.2. The molecule has 2 bridgehead atoms. The summed E-state index contributed by atoms with van der Waals surface area (Å²) in [5.41, 5.74) is -7.02. The zero-order valence-electron chi connectivity index (χ0n) is 34.5. The van der Waals surface area contributed by atoms with E-state index in [0.717, 1.165) is 6.92 Å². The summed E-state index contributed by atoms with van der Waals surface area (Å²) >= 11 is 0. The van der Waals surface area contributed by atoms with E-state index in [1.54, 1.807) is 92.7 Å². The first-order valence-electron chi connectivity index (χ1n) is 19.6. The third-order valence-electron chi connectivity index (χ3n) is 13.2. The summed E-state index contributed by atoms with van der Waals surface area (Å²) in [7, 11) is 0. The molecule has 1 aliphatic heterocycles. The SMILES string of the molecule is CC(=O)OC(C(=O)OC1CC2(O)C(OC(=O)c3ccccc3)C3[C@]4(O)COC4CC(O)[C@@]3(C)C(=O)C(O)C(=C1C)C2(C)C)C(NC(=O)c1ccccc1)c1ccccc1.[Ac].[Ac]. The molecule has 0 aromatic heterocycles. The maximum Gasteiger partial charge on any atom is 0.350 e. The van der Waals surface area contributed by atoms with Gasteiger partial charge in [0.05, 0.1) is 29.8 Å². The van der Waals surface area contributed by atoms with Crippen molar-refractivity contribution in [2.45, 2.75) is 101 Å². The fraction of sp³-hybridized carbons (Fsp3) is 0.444. The molecule has 3 aromatic carbocycles. The van der Waals surface area contributed by atoms with Crippen LogP contribution in [0.4, 0.5) is 0 Å². The Balaban J connectivity index is 0.00000352. The number of benzene rings is 3. The van der Waals surface area contributed by atoms with Gasteiger partial charge in [0.15, 0.2) is 5.78 Å². The smallest absolute Gasteiger partial charge is 0.350 e. The Hall–Kier alpha value is -2.37. The van der Waals surface area contributed by atoms with E-state index in [1.165, 1.54) is 26.0 Å². The van der Waals surface area contributed by atoms with Crippen molar-refractivity contribution in [3.05, 3.63) is 119 Å². The Morgan fingerprint density at radius 2 is 1.39 bits per heavy atom. The number of hydrogen-bond acceptors (Lipinski definition) is 13. The predicted octanol–water partition coefficient (Wildman–Crippen LogP) is 3.16. The molecule has 1 saturated heterocycles. The largest absolute Gasteiger partial charge is 0.455 e. The van der Waals surface area contributed by atoms with Gasteiger partial charge in [-0.1, -0.05) is 80.6 Å². The van der Waals surface area contributed by atoms with Crippen LogP contribution in [-0.2, 0) is 33.3 Å². The van der Waals surface area contributed by atoms with E-state index in [2.05, 4.69) is 5.32 Å². The molecule has 1 amide bonds. The number of ketones is 1. The molecular formula is C45H49Ac2NO13. The molecule has 9 unspecified atom stereocenters. The number of Topliss-reactive ketones (excluding diaryl/α,β-unsaturated/α-hetero) is 1. The second kappa shape index (κ2) is 19.0.